The molecule has 0 saturated heterocycles. The standard InChI is InChI=1S/C25H24N2O2/c1-4-17-6-10-19(11-7-17)21-14-23-24(27(16-26-23)25(28)29-3)15-22(21)20-12-8-18(5-2)9-13-20/h6-16H,4-5H2,1-3H3. The number of methoxy groups -OCH3 is 1. The van der Waals surface area contributed by atoms with E-state index in [2.05, 4.69) is 73.4 Å². The Bertz CT molecular complexity index is 1160. The van der Waals surface area contributed by atoms with Gasteiger partial charge in [-0.25, -0.2) is 14.3 Å². The molecule has 0 aliphatic rings. The van der Waals surface area contributed by atoms with E-state index in [9.17, 15) is 4.79 Å². The second kappa shape index (κ2) is 7.92. The van der Waals surface area contributed by atoms with Crippen LogP contribution in [0.3, 0.4) is 0 Å². The molecule has 0 aliphatic heterocycles. The van der Waals surface area contributed by atoms with Crippen LogP contribution >= 0.6 is 0 Å². The number of rotatable bonds is 4. The topological polar surface area (TPSA) is 44.1 Å². The van der Waals surface area contributed by atoms with Crippen LogP contribution in [0.2, 0.25) is 0 Å². The fraction of sp³-hybridized carbons (Fsp3) is 0.200. The maximum atomic E-state index is 12.1. The number of aromatic nitrogens is 2. The molecule has 0 saturated carbocycles. The smallest absolute Gasteiger partial charge is 0.419 e. The van der Waals surface area contributed by atoms with E-state index in [1.807, 2.05) is 6.07 Å². The number of benzene rings is 3. The molecule has 29 heavy (non-hydrogen) atoms. The predicted octanol–water partition coefficient (Wildman–Crippen LogP) is 6.11. The van der Waals surface area contributed by atoms with Gasteiger partial charge < -0.3 is 4.74 Å². The monoisotopic (exact) mass is 384 g/mol. The lowest BCUT2D eigenvalue weighted by Gasteiger charge is -2.13. The van der Waals surface area contributed by atoms with Gasteiger partial charge in [0, 0.05) is 0 Å². The van der Waals surface area contributed by atoms with Crippen molar-refractivity contribution in [3.8, 4) is 22.3 Å². The van der Waals surface area contributed by atoms with E-state index in [-0.39, 0.29) is 0 Å². The van der Waals surface area contributed by atoms with Crippen molar-refractivity contribution in [2.75, 3.05) is 7.11 Å². The molecule has 0 radical (unpaired) electrons. The Morgan fingerprint density at radius 1 is 0.862 bits per heavy atom. The van der Waals surface area contributed by atoms with Gasteiger partial charge in [0.1, 0.15) is 6.33 Å². The molecule has 4 aromatic rings. The van der Waals surface area contributed by atoms with E-state index in [1.54, 1.807) is 0 Å². The summed E-state index contributed by atoms with van der Waals surface area (Å²) in [5.74, 6) is 0. The Morgan fingerprint density at radius 2 is 1.38 bits per heavy atom. The van der Waals surface area contributed by atoms with Crippen molar-refractivity contribution in [3.05, 3.63) is 78.1 Å². The summed E-state index contributed by atoms with van der Waals surface area (Å²) in [6.07, 6.45) is 3.08. The first-order valence-corrected chi connectivity index (χ1v) is 9.92. The van der Waals surface area contributed by atoms with Crippen molar-refractivity contribution in [3.63, 3.8) is 0 Å². The third kappa shape index (κ3) is 3.54. The lowest BCUT2D eigenvalue weighted by molar-refractivity contribution is 0.174. The Hall–Kier alpha value is -3.40. The quantitative estimate of drug-likeness (QED) is 0.426. The highest BCUT2D eigenvalue weighted by Gasteiger charge is 2.16. The molecule has 0 atom stereocenters. The molecule has 1 aromatic heterocycles. The highest BCUT2D eigenvalue weighted by Crippen LogP contribution is 2.36. The summed E-state index contributed by atoms with van der Waals surface area (Å²) in [6, 6.07) is 21.3. The van der Waals surface area contributed by atoms with Gasteiger partial charge in [0.25, 0.3) is 0 Å². The average molecular weight is 384 g/mol. The third-order valence-electron chi connectivity index (χ3n) is 5.40. The van der Waals surface area contributed by atoms with Crippen LogP contribution in [-0.4, -0.2) is 22.8 Å². The predicted molar refractivity (Wildman–Crippen MR) is 117 cm³/mol. The lowest BCUT2D eigenvalue weighted by atomic mass is 9.92. The summed E-state index contributed by atoms with van der Waals surface area (Å²) in [6.45, 7) is 4.30. The molecule has 0 amide bonds. The summed E-state index contributed by atoms with van der Waals surface area (Å²) in [5.41, 5.74) is 8.50. The molecule has 0 bridgehead atoms. The van der Waals surface area contributed by atoms with E-state index in [4.69, 9.17) is 4.74 Å². The van der Waals surface area contributed by atoms with Crippen LogP contribution in [0.4, 0.5) is 4.79 Å². The van der Waals surface area contributed by atoms with Gasteiger partial charge in [0.15, 0.2) is 0 Å². The Balaban J connectivity index is 1.95. The summed E-state index contributed by atoms with van der Waals surface area (Å²) in [4.78, 5) is 16.6. The fourth-order valence-corrected chi connectivity index (χ4v) is 3.62. The highest BCUT2D eigenvalue weighted by atomic mass is 16.5. The largest absolute Gasteiger partial charge is 0.452 e. The molecular formula is C25H24N2O2. The summed E-state index contributed by atoms with van der Waals surface area (Å²) in [5, 5.41) is 0. The van der Waals surface area contributed by atoms with Crippen molar-refractivity contribution in [1.82, 2.24) is 9.55 Å². The van der Waals surface area contributed by atoms with Gasteiger partial charge >= 0.3 is 6.09 Å². The minimum absolute atomic E-state index is 0.445. The second-order valence-electron chi connectivity index (χ2n) is 7.07. The SMILES string of the molecule is CCc1ccc(-c2cc3ncn(C(=O)OC)c3cc2-c2ccc(CC)cc2)cc1. The first kappa shape index (κ1) is 18.9. The van der Waals surface area contributed by atoms with E-state index >= 15 is 0 Å². The van der Waals surface area contributed by atoms with Crippen molar-refractivity contribution in [1.29, 1.82) is 0 Å². The number of carbonyl (C=O) groups is 1. The Morgan fingerprint density at radius 3 is 1.86 bits per heavy atom. The molecule has 0 aliphatic carbocycles. The zero-order valence-corrected chi connectivity index (χ0v) is 17.0. The Labute approximate surface area is 170 Å². The molecule has 0 fully saturated rings. The number of imidazole rings is 1. The maximum absolute atomic E-state index is 12.1. The van der Waals surface area contributed by atoms with Gasteiger partial charge in [-0.2, -0.15) is 0 Å². The van der Waals surface area contributed by atoms with Crippen LogP contribution in [-0.2, 0) is 17.6 Å². The van der Waals surface area contributed by atoms with E-state index in [1.165, 1.54) is 29.1 Å². The second-order valence-corrected chi connectivity index (χ2v) is 7.07. The van der Waals surface area contributed by atoms with Crippen molar-refractivity contribution in [2.24, 2.45) is 0 Å². The number of aryl methyl sites for hydroxylation is 2. The zero-order chi connectivity index (χ0) is 20.4. The molecule has 4 nitrogen and oxygen atoms in total. The summed E-state index contributed by atoms with van der Waals surface area (Å²) < 4.78 is 6.35. The van der Waals surface area contributed by atoms with Gasteiger partial charge in [-0.1, -0.05) is 62.4 Å². The molecule has 0 spiro atoms. The summed E-state index contributed by atoms with van der Waals surface area (Å²) >= 11 is 0. The van der Waals surface area contributed by atoms with Crippen LogP contribution in [0.25, 0.3) is 33.3 Å². The Kier molecular flexibility index (Phi) is 5.17. The first-order chi connectivity index (χ1) is 14.1. The first-order valence-electron chi connectivity index (χ1n) is 9.92. The molecule has 3 aromatic carbocycles. The van der Waals surface area contributed by atoms with Gasteiger partial charge in [-0.15, -0.1) is 0 Å². The number of nitrogens with zero attached hydrogens (tertiary/aromatic N) is 2. The molecule has 4 heteroatoms. The van der Waals surface area contributed by atoms with Gasteiger partial charge in [0.05, 0.1) is 18.1 Å². The lowest BCUT2D eigenvalue weighted by Crippen LogP contribution is -2.09. The highest BCUT2D eigenvalue weighted by molar-refractivity contribution is 5.96. The molecule has 0 N–H and O–H groups in total. The molecule has 4 rings (SSSR count). The third-order valence-corrected chi connectivity index (χ3v) is 5.40. The van der Waals surface area contributed by atoms with Gasteiger partial charge in [-0.3, -0.25) is 0 Å². The van der Waals surface area contributed by atoms with E-state index in [0.717, 1.165) is 46.1 Å². The van der Waals surface area contributed by atoms with Crippen LogP contribution in [0, 0.1) is 0 Å². The van der Waals surface area contributed by atoms with Crippen LogP contribution in [0.15, 0.2) is 67.0 Å². The summed E-state index contributed by atoms with van der Waals surface area (Å²) in [7, 11) is 1.38. The van der Waals surface area contributed by atoms with Crippen LogP contribution in [0.5, 0.6) is 0 Å². The fourth-order valence-electron chi connectivity index (χ4n) is 3.62. The number of hydrogen-bond donors (Lipinski definition) is 0. The number of carbonyl (C=O) groups excluding carboxylic acids is 1. The minimum Gasteiger partial charge on any atom is -0.452 e. The molecule has 1 heterocycles. The average Bonchev–Trinajstić information content (AvgIpc) is 3.21. The molecule has 146 valence electrons. The number of ether oxygens (including phenoxy) is 1. The van der Waals surface area contributed by atoms with Gasteiger partial charge in [-0.05, 0) is 58.4 Å². The van der Waals surface area contributed by atoms with Crippen molar-refractivity contribution >= 4 is 17.1 Å². The minimum atomic E-state index is -0.445. The van der Waals surface area contributed by atoms with Crippen molar-refractivity contribution in [2.45, 2.75) is 26.7 Å². The van der Waals surface area contributed by atoms with Crippen LogP contribution in [0.1, 0.15) is 25.0 Å². The van der Waals surface area contributed by atoms with E-state index in [0.29, 0.717) is 0 Å². The van der Waals surface area contributed by atoms with Crippen LogP contribution < -0.4 is 0 Å². The molecule has 0 unspecified atom stereocenters. The van der Waals surface area contributed by atoms with Gasteiger partial charge in [0.2, 0.25) is 0 Å². The normalized spacial score (nSPS) is 11.0. The van der Waals surface area contributed by atoms with E-state index < -0.39 is 6.09 Å². The zero-order valence-electron chi connectivity index (χ0n) is 17.0. The number of hydrogen-bond acceptors (Lipinski definition) is 3. The van der Waals surface area contributed by atoms with Crippen molar-refractivity contribution < 1.29 is 9.53 Å². The maximum Gasteiger partial charge on any atom is 0.419 e. The number of fused-ring (bicyclic) bond motifs is 1. The molecular weight excluding hydrogens is 360 g/mol.